The molecule has 0 saturated carbocycles. The van der Waals surface area contributed by atoms with E-state index in [0.717, 1.165) is 18.1 Å². The van der Waals surface area contributed by atoms with Crippen molar-refractivity contribution in [3.8, 4) is 0 Å². The van der Waals surface area contributed by atoms with E-state index in [1.807, 2.05) is 12.1 Å². The van der Waals surface area contributed by atoms with Crippen LogP contribution in [0.25, 0.3) is 6.08 Å². The van der Waals surface area contributed by atoms with Crippen LogP contribution in [0.2, 0.25) is 5.02 Å². The van der Waals surface area contributed by atoms with Gasteiger partial charge in [-0.2, -0.15) is 0 Å². The van der Waals surface area contributed by atoms with Crippen molar-refractivity contribution in [2.24, 2.45) is 5.92 Å². The first kappa shape index (κ1) is 15.3. The molecule has 1 rings (SSSR count). The molecule has 0 radical (unpaired) electrons. The maximum atomic E-state index is 5.99. The van der Waals surface area contributed by atoms with Crippen molar-refractivity contribution in [2.45, 2.75) is 34.1 Å². The highest BCUT2D eigenvalue weighted by Crippen LogP contribution is 2.20. The molecular weight excluding hydrogens is 242 g/mol. The Kier molecular flexibility index (Phi) is 6.45. The zero-order valence-electron chi connectivity index (χ0n) is 11.9. The Balaban J connectivity index is 2.86. The first-order valence-corrected chi connectivity index (χ1v) is 7.09. The molecule has 0 saturated heterocycles. The molecule has 1 nitrogen and oxygen atoms in total. The zero-order valence-corrected chi connectivity index (χ0v) is 12.6. The van der Waals surface area contributed by atoms with Crippen LogP contribution in [0.1, 0.15) is 38.3 Å². The van der Waals surface area contributed by atoms with Gasteiger partial charge in [0.05, 0.1) is 0 Å². The normalized spacial score (nSPS) is 12.2. The summed E-state index contributed by atoms with van der Waals surface area (Å²) in [5.41, 5.74) is 3.94. The molecule has 1 N–H and O–H groups in total. The van der Waals surface area contributed by atoms with Gasteiger partial charge in [0.25, 0.3) is 0 Å². The van der Waals surface area contributed by atoms with E-state index in [9.17, 15) is 0 Å². The number of aryl methyl sites for hydroxylation is 1. The number of hydrogen-bond donors (Lipinski definition) is 1. The molecule has 0 amide bonds. The van der Waals surface area contributed by atoms with E-state index >= 15 is 0 Å². The molecule has 100 valence electrons. The smallest absolute Gasteiger partial charge is 0.0409 e. The van der Waals surface area contributed by atoms with Gasteiger partial charge in [-0.05, 0) is 49.1 Å². The van der Waals surface area contributed by atoms with Crippen molar-refractivity contribution in [2.75, 3.05) is 13.1 Å². The van der Waals surface area contributed by atoms with Gasteiger partial charge in [-0.25, -0.2) is 0 Å². The van der Waals surface area contributed by atoms with Gasteiger partial charge in [0, 0.05) is 11.6 Å². The standard InChI is InChI=1S/C16H24ClN/c1-5-8-18-11-15(12(2)3)10-14-6-7-16(17)9-13(14)4/h6-7,9-10,12,18H,5,8,11H2,1-4H3/b15-10-. The summed E-state index contributed by atoms with van der Waals surface area (Å²) < 4.78 is 0. The second-order valence-corrected chi connectivity index (χ2v) is 5.49. The van der Waals surface area contributed by atoms with Crippen LogP contribution in [0.3, 0.4) is 0 Å². The molecule has 1 aromatic rings. The molecule has 18 heavy (non-hydrogen) atoms. The highest BCUT2D eigenvalue weighted by Gasteiger charge is 2.04. The first-order valence-electron chi connectivity index (χ1n) is 6.72. The van der Waals surface area contributed by atoms with Crippen molar-refractivity contribution >= 4 is 17.7 Å². The lowest BCUT2D eigenvalue weighted by atomic mass is 9.98. The van der Waals surface area contributed by atoms with Gasteiger partial charge in [-0.1, -0.05) is 50.1 Å². The van der Waals surface area contributed by atoms with Crippen molar-refractivity contribution in [3.05, 3.63) is 39.9 Å². The molecule has 2 heteroatoms. The lowest BCUT2D eigenvalue weighted by Gasteiger charge is -2.13. The highest BCUT2D eigenvalue weighted by atomic mass is 35.5. The Morgan fingerprint density at radius 3 is 2.67 bits per heavy atom. The molecule has 0 spiro atoms. The van der Waals surface area contributed by atoms with Crippen molar-refractivity contribution < 1.29 is 0 Å². The minimum atomic E-state index is 0.560. The van der Waals surface area contributed by atoms with Crippen LogP contribution in [0.4, 0.5) is 0 Å². The Morgan fingerprint density at radius 1 is 1.39 bits per heavy atom. The van der Waals surface area contributed by atoms with Gasteiger partial charge in [-0.3, -0.25) is 0 Å². The summed E-state index contributed by atoms with van der Waals surface area (Å²) in [6.07, 6.45) is 3.46. The second kappa shape index (κ2) is 7.60. The molecule has 0 heterocycles. The summed E-state index contributed by atoms with van der Waals surface area (Å²) in [5, 5.41) is 4.28. The van der Waals surface area contributed by atoms with Gasteiger partial charge >= 0.3 is 0 Å². The fourth-order valence-electron chi connectivity index (χ4n) is 1.83. The Morgan fingerprint density at radius 2 is 2.11 bits per heavy atom. The van der Waals surface area contributed by atoms with Gasteiger partial charge in [0.15, 0.2) is 0 Å². The van der Waals surface area contributed by atoms with Crippen molar-refractivity contribution in [3.63, 3.8) is 0 Å². The van der Waals surface area contributed by atoms with Crippen LogP contribution in [0, 0.1) is 12.8 Å². The van der Waals surface area contributed by atoms with Gasteiger partial charge in [-0.15, -0.1) is 0 Å². The molecule has 0 fully saturated rings. The van der Waals surface area contributed by atoms with Crippen LogP contribution in [-0.4, -0.2) is 13.1 Å². The minimum absolute atomic E-state index is 0.560. The van der Waals surface area contributed by atoms with Crippen LogP contribution in [0.5, 0.6) is 0 Å². The van der Waals surface area contributed by atoms with Crippen LogP contribution < -0.4 is 5.32 Å². The van der Waals surface area contributed by atoms with Crippen LogP contribution in [0.15, 0.2) is 23.8 Å². The monoisotopic (exact) mass is 265 g/mol. The molecule has 0 aliphatic heterocycles. The highest BCUT2D eigenvalue weighted by molar-refractivity contribution is 6.30. The molecule has 1 aromatic carbocycles. The van der Waals surface area contributed by atoms with E-state index in [2.05, 4.69) is 45.2 Å². The average Bonchev–Trinajstić information content (AvgIpc) is 2.30. The summed E-state index contributed by atoms with van der Waals surface area (Å²) in [6.45, 7) is 10.8. The summed E-state index contributed by atoms with van der Waals surface area (Å²) in [6, 6.07) is 6.07. The topological polar surface area (TPSA) is 12.0 Å². The summed E-state index contributed by atoms with van der Waals surface area (Å²) in [5.74, 6) is 0.560. The molecule has 0 aliphatic rings. The second-order valence-electron chi connectivity index (χ2n) is 5.05. The predicted octanol–water partition coefficient (Wildman–Crippen LogP) is 4.69. The van der Waals surface area contributed by atoms with Gasteiger partial charge in [0.1, 0.15) is 0 Å². The SMILES string of the molecule is CCCNC/C(=C/c1ccc(Cl)cc1C)C(C)C. The largest absolute Gasteiger partial charge is 0.313 e. The number of halogens is 1. The number of nitrogens with one attached hydrogen (secondary N) is 1. The number of benzene rings is 1. The lowest BCUT2D eigenvalue weighted by Crippen LogP contribution is -2.20. The number of rotatable bonds is 6. The summed E-state index contributed by atoms with van der Waals surface area (Å²) in [7, 11) is 0. The minimum Gasteiger partial charge on any atom is -0.313 e. The van der Waals surface area contributed by atoms with Crippen LogP contribution in [-0.2, 0) is 0 Å². The average molecular weight is 266 g/mol. The maximum absolute atomic E-state index is 5.99. The van der Waals surface area contributed by atoms with Crippen molar-refractivity contribution in [1.29, 1.82) is 0 Å². The molecule has 0 aromatic heterocycles. The predicted molar refractivity (Wildman–Crippen MR) is 82.2 cm³/mol. The Labute approximate surface area is 116 Å². The van der Waals surface area contributed by atoms with Crippen LogP contribution >= 0.6 is 11.6 Å². The third kappa shape index (κ3) is 4.83. The third-order valence-electron chi connectivity index (χ3n) is 3.07. The Hall–Kier alpha value is -0.790. The van der Waals surface area contributed by atoms with E-state index in [-0.39, 0.29) is 0 Å². The van der Waals surface area contributed by atoms with Gasteiger partial charge in [0.2, 0.25) is 0 Å². The van der Waals surface area contributed by atoms with E-state index in [1.165, 1.54) is 23.1 Å². The summed E-state index contributed by atoms with van der Waals surface area (Å²) in [4.78, 5) is 0. The van der Waals surface area contributed by atoms with E-state index in [0.29, 0.717) is 5.92 Å². The first-order chi connectivity index (χ1) is 8.54. The molecule has 0 atom stereocenters. The summed E-state index contributed by atoms with van der Waals surface area (Å²) >= 11 is 5.99. The van der Waals surface area contributed by atoms with Gasteiger partial charge < -0.3 is 5.32 Å². The van der Waals surface area contributed by atoms with E-state index in [1.54, 1.807) is 0 Å². The van der Waals surface area contributed by atoms with Crippen molar-refractivity contribution in [1.82, 2.24) is 5.32 Å². The lowest BCUT2D eigenvalue weighted by molar-refractivity contribution is 0.657. The molecular formula is C16H24ClN. The fraction of sp³-hybridized carbons (Fsp3) is 0.500. The zero-order chi connectivity index (χ0) is 13.5. The maximum Gasteiger partial charge on any atom is 0.0409 e. The van der Waals surface area contributed by atoms with E-state index < -0.39 is 0 Å². The fourth-order valence-corrected chi connectivity index (χ4v) is 2.06. The molecule has 0 bridgehead atoms. The molecule has 0 aliphatic carbocycles. The quantitative estimate of drug-likeness (QED) is 0.736. The molecule has 0 unspecified atom stereocenters. The Bertz CT molecular complexity index is 408. The third-order valence-corrected chi connectivity index (χ3v) is 3.31. The number of hydrogen-bond acceptors (Lipinski definition) is 1. The van der Waals surface area contributed by atoms with E-state index in [4.69, 9.17) is 11.6 Å².